The Morgan fingerprint density at radius 1 is 1.10 bits per heavy atom. The Hall–Kier alpha value is -3.38. The number of piperidine rings is 1. The minimum Gasteiger partial charge on any atom is -0.476 e. The van der Waals surface area contributed by atoms with Crippen LogP contribution in [0.4, 0.5) is 16.2 Å². The standard InChI is InChI=1S/C37H59N5O7/c1-11-47-17-16-41-30-20-29(14-15-31(30)48-37(7,8)34(41)45)42(28-12-13-28)33(44)26-19-25(21-40(22-26)35(46)49-36(4,5)6)32(43)38-27(18-24(2)3)23-39(9)10/h14-15,20,24-28H,11-13,16-19,21-23H2,1-10H3,(H,38,43)/t25-,26+,27+/m0/s1. The van der Waals surface area contributed by atoms with Gasteiger partial charge in [0.2, 0.25) is 11.8 Å². The van der Waals surface area contributed by atoms with Crippen LogP contribution >= 0.6 is 0 Å². The van der Waals surface area contributed by atoms with Gasteiger partial charge in [0.1, 0.15) is 11.4 Å². The van der Waals surface area contributed by atoms with Crippen molar-refractivity contribution < 1.29 is 33.4 Å². The lowest BCUT2D eigenvalue weighted by atomic mass is 9.87. The molecule has 0 spiro atoms. The highest BCUT2D eigenvalue weighted by Crippen LogP contribution is 2.43. The fourth-order valence-corrected chi connectivity index (χ4v) is 6.73. The summed E-state index contributed by atoms with van der Waals surface area (Å²) in [6.07, 6.45) is 2.27. The van der Waals surface area contributed by atoms with Gasteiger partial charge in [-0.3, -0.25) is 14.4 Å². The van der Waals surface area contributed by atoms with Crippen molar-refractivity contribution in [2.45, 2.75) is 104 Å². The Morgan fingerprint density at radius 2 is 1.78 bits per heavy atom. The first-order valence-corrected chi connectivity index (χ1v) is 17.9. The molecule has 1 aromatic carbocycles. The molecule has 0 aromatic heterocycles. The number of carbonyl (C=O) groups is 4. The third-order valence-electron chi connectivity index (χ3n) is 8.96. The molecule has 1 saturated heterocycles. The number of nitrogens with zero attached hydrogens (tertiary/aromatic N) is 4. The molecule has 1 aromatic rings. The number of amides is 4. The van der Waals surface area contributed by atoms with Gasteiger partial charge in [-0.15, -0.1) is 0 Å². The summed E-state index contributed by atoms with van der Waals surface area (Å²) in [5, 5.41) is 3.24. The second-order valence-corrected chi connectivity index (χ2v) is 16.0. The van der Waals surface area contributed by atoms with Crippen LogP contribution in [0.3, 0.4) is 0 Å². The first-order valence-electron chi connectivity index (χ1n) is 17.9. The Balaban J connectivity index is 1.64. The summed E-state index contributed by atoms with van der Waals surface area (Å²) >= 11 is 0. The highest BCUT2D eigenvalue weighted by atomic mass is 16.6. The number of nitrogens with one attached hydrogen (secondary N) is 1. The van der Waals surface area contributed by atoms with E-state index in [0.717, 1.165) is 19.3 Å². The molecule has 1 saturated carbocycles. The third kappa shape index (κ3) is 10.1. The van der Waals surface area contributed by atoms with Crippen LogP contribution < -0.4 is 19.9 Å². The molecule has 49 heavy (non-hydrogen) atoms. The number of hydrogen-bond donors (Lipinski definition) is 1. The lowest BCUT2D eigenvalue weighted by Crippen LogP contribution is -2.55. The summed E-state index contributed by atoms with van der Waals surface area (Å²) in [6, 6.07) is 5.45. The van der Waals surface area contributed by atoms with E-state index in [1.807, 2.05) is 39.2 Å². The van der Waals surface area contributed by atoms with E-state index in [4.69, 9.17) is 14.2 Å². The largest absolute Gasteiger partial charge is 0.476 e. The molecule has 2 aliphatic heterocycles. The van der Waals surface area contributed by atoms with E-state index in [0.29, 0.717) is 55.8 Å². The van der Waals surface area contributed by atoms with Gasteiger partial charge in [-0.2, -0.15) is 0 Å². The average Bonchev–Trinajstić information content (AvgIpc) is 3.82. The van der Waals surface area contributed by atoms with Crippen LogP contribution in [0.5, 0.6) is 5.75 Å². The van der Waals surface area contributed by atoms with Gasteiger partial charge in [0.05, 0.1) is 24.1 Å². The molecule has 274 valence electrons. The summed E-state index contributed by atoms with van der Waals surface area (Å²) in [5.41, 5.74) is -0.531. The van der Waals surface area contributed by atoms with Gasteiger partial charge in [0, 0.05) is 50.6 Å². The van der Waals surface area contributed by atoms with Gasteiger partial charge in [-0.1, -0.05) is 13.8 Å². The zero-order chi connectivity index (χ0) is 36.3. The van der Waals surface area contributed by atoms with Gasteiger partial charge < -0.3 is 39.1 Å². The SMILES string of the molecule is CCOCCN1C(=O)C(C)(C)Oc2ccc(N(C(=O)[C@@H]3C[C@H](C(=O)N[C@H](CC(C)C)CN(C)C)CN(C(=O)OC(C)(C)C)C3)C3CC3)cc21. The molecule has 1 aliphatic carbocycles. The van der Waals surface area contributed by atoms with Crippen LogP contribution in [0.1, 0.15) is 81.1 Å². The molecule has 12 nitrogen and oxygen atoms in total. The molecule has 2 fully saturated rings. The zero-order valence-electron chi connectivity index (χ0n) is 31.3. The zero-order valence-corrected chi connectivity index (χ0v) is 31.3. The maximum absolute atomic E-state index is 14.6. The Bertz CT molecular complexity index is 1340. The van der Waals surface area contributed by atoms with Crippen molar-refractivity contribution in [1.82, 2.24) is 15.1 Å². The van der Waals surface area contributed by atoms with Crippen molar-refractivity contribution in [2.24, 2.45) is 17.8 Å². The number of fused-ring (bicyclic) bond motifs is 1. The van der Waals surface area contributed by atoms with Crippen molar-refractivity contribution in [2.75, 3.05) is 63.3 Å². The van der Waals surface area contributed by atoms with Crippen LogP contribution in [0.2, 0.25) is 0 Å². The van der Waals surface area contributed by atoms with Crippen LogP contribution in [0, 0.1) is 17.8 Å². The number of anilines is 2. The van der Waals surface area contributed by atoms with Crippen molar-refractivity contribution >= 4 is 35.2 Å². The minimum atomic E-state index is -1.05. The van der Waals surface area contributed by atoms with E-state index in [9.17, 15) is 19.2 Å². The first-order chi connectivity index (χ1) is 22.9. The van der Waals surface area contributed by atoms with Gasteiger partial charge in [-0.25, -0.2) is 4.79 Å². The van der Waals surface area contributed by atoms with Gasteiger partial charge in [-0.05, 0) is 105 Å². The van der Waals surface area contributed by atoms with Gasteiger partial charge in [0.15, 0.2) is 5.60 Å². The molecule has 2 heterocycles. The number of hydrogen-bond acceptors (Lipinski definition) is 8. The molecular weight excluding hydrogens is 626 g/mol. The van der Waals surface area contributed by atoms with E-state index in [2.05, 4.69) is 24.1 Å². The van der Waals surface area contributed by atoms with E-state index in [-0.39, 0.29) is 42.9 Å². The van der Waals surface area contributed by atoms with Gasteiger partial charge >= 0.3 is 6.09 Å². The number of ether oxygens (including phenoxy) is 3. The molecule has 0 bridgehead atoms. The number of likely N-dealkylation sites (N-methyl/N-ethyl adjacent to an activating group) is 1. The molecule has 12 heteroatoms. The van der Waals surface area contributed by atoms with Crippen LogP contribution in [0.25, 0.3) is 0 Å². The maximum atomic E-state index is 14.6. The molecule has 0 unspecified atom stereocenters. The molecule has 3 atom stereocenters. The lowest BCUT2D eigenvalue weighted by Gasteiger charge is -2.40. The van der Waals surface area contributed by atoms with Crippen molar-refractivity contribution in [1.29, 1.82) is 0 Å². The van der Waals surface area contributed by atoms with Crippen molar-refractivity contribution in [3.63, 3.8) is 0 Å². The quantitative estimate of drug-likeness (QED) is 0.297. The average molecular weight is 686 g/mol. The van der Waals surface area contributed by atoms with Crippen molar-refractivity contribution in [3.8, 4) is 5.75 Å². The van der Waals surface area contributed by atoms with Crippen LogP contribution in [0.15, 0.2) is 18.2 Å². The summed E-state index contributed by atoms with van der Waals surface area (Å²) < 4.78 is 17.4. The van der Waals surface area contributed by atoms with Crippen LogP contribution in [-0.4, -0.2) is 110 Å². The van der Waals surface area contributed by atoms with Crippen LogP contribution in [-0.2, 0) is 23.9 Å². The highest BCUT2D eigenvalue weighted by Gasteiger charge is 2.45. The summed E-state index contributed by atoms with van der Waals surface area (Å²) in [4.78, 5) is 62.4. The molecular formula is C37H59N5O7. The minimum absolute atomic E-state index is 0.0150. The lowest BCUT2D eigenvalue weighted by molar-refractivity contribution is -0.133. The maximum Gasteiger partial charge on any atom is 0.410 e. The van der Waals surface area contributed by atoms with Gasteiger partial charge in [0.25, 0.3) is 5.91 Å². The summed E-state index contributed by atoms with van der Waals surface area (Å²) in [6.45, 7) is 17.3. The molecule has 4 amide bonds. The monoisotopic (exact) mass is 685 g/mol. The Kier molecular flexibility index (Phi) is 12.3. The fourth-order valence-electron chi connectivity index (χ4n) is 6.73. The molecule has 1 N–H and O–H groups in total. The normalized spacial score (nSPS) is 21.3. The second kappa shape index (κ2) is 15.7. The van der Waals surface area contributed by atoms with Crippen molar-refractivity contribution in [3.05, 3.63) is 18.2 Å². The predicted octanol–water partition coefficient (Wildman–Crippen LogP) is 4.69. The number of carbonyl (C=O) groups excluding carboxylic acids is 4. The van der Waals surface area contributed by atoms with E-state index < -0.39 is 29.1 Å². The number of rotatable bonds is 13. The van der Waals surface area contributed by atoms with E-state index >= 15 is 0 Å². The topological polar surface area (TPSA) is 121 Å². The van der Waals surface area contributed by atoms with E-state index in [1.165, 1.54) is 4.90 Å². The second-order valence-electron chi connectivity index (χ2n) is 16.0. The Labute approximate surface area is 292 Å². The summed E-state index contributed by atoms with van der Waals surface area (Å²) in [5.74, 6) is -0.753. The number of likely N-dealkylation sites (tertiary alicyclic amines) is 1. The first kappa shape index (κ1) is 38.4. The Morgan fingerprint density at radius 3 is 2.37 bits per heavy atom. The smallest absolute Gasteiger partial charge is 0.410 e. The fraction of sp³-hybridized carbons (Fsp3) is 0.730. The highest BCUT2D eigenvalue weighted by molar-refractivity contribution is 6.04. The number of benzene rings is 1. The molecule has 4 rings (SSSR count). The molecule has 3 aliphatic rings. The predicted molar refractivity (Wildman–Crippen MR) is 190 cm³/mol. The third-order valence-corrected chi connectivity index (χ3v) is 8.96. The summed E-state index contributed by atoms with van der Waals surface area (Å²) in [7, 11) is 3.96. The molecule has 0 radical (unpaired) electrons. The van der Waals surface area contributed by atoms with E-state index in [1.54, 1.807) is 44.4 Å².